The molecular formula is C15H26O6. The molecule has 6 heteroatoms. The molecule has 0 bridgehead atoms. The molecule has 0 aliphatic carbocycles. The van der Waals surface area contributed by atoms with Gasteiger partial charge in [-0.25, -0.2) is 4.79 Å². The number of hydrogen-bond donors (Lipinski definition) is 0. The van der Waals surface area contributed by atoms with E-state index in [9.17, 15) is 4.79 Å². The van der Waals surface area contributed by atoms with Gasteiger partial charge in [0.15, 0.2) is 0 Å². The maximum Gasteiger partial charge on any atom is 0.335 e. The van der Waals surface area contributed by atoms with Crippen molar-refractivity contribution >= 4 is 5.97 Å². The summed E-state index contributed by atoms with van der Waals surface area (Å²) in [6.07, 6.45) is 0. The predicted octanol–water partition coefficient (Wildman–Crippen LogP) is 1.36. The van der Waals surface area contributed by atoms with Gasteiger partial charge in [0.2, 0.25) is 0 Å². The molecule has 122 valence electrons. The van der Waals surface area contributed by atoms with Gasteiger partial charge < -0.3 is 23.7 Å². The topological polar surface area (TPSA) is 63.2 Å². The van der Waals surface area contributed by atoms with E-state index in [-0.39, 0.29) is 18.8 Å². The summed E-state index contributed by atoms with van der Waals surface area (Å²) in [7, 11) is 1.62. The Balaban J connectivity index is 3.40. The summed E-state index contributed by atoms with van der Waals surface area (Å²) in [5.41, 5.74) is 1.16. The van der Waals surface area contributed by atoms with Crippen LogP contribution in [0.25, 0.3) is 0 Å². The highest BCUT2D eigenvalue weighted by molar-refractivity contribution is 5.87. The number of esters is 1. The van der Waals surface area contributed by atoms with Gasteiger partial charge >= 0.3 is 5.97 Å². The first-order valence-electron chi connectivity index (χ1n) is 6.79. The van der Waals surface area contributed by atoms with Crippen molar-refractivity contribution in [2.45, 2.75) is 6.92 Å². The van der Waals surface area contributed by atoms with Crippen molar-refractivity contribution in [3.8, 4) is 0 Å². The van der Waals surface area contributed by atoms with Gasteiger partial charge in [-0.3, -0.25) is 0 Å². The minimum Gasteiger partial charge on any atom is -0.460 e. The van der Waals surface area contributed by atoms with Gasteiger partial charge in [-0.15, -0.1) is 0 Å². The highest BCUT2D eigenvalue weighted by atomic mass is 16.6. The highest BCUT2D eigenvalue weighted by Crippen LogP contribution is 1.98. The van der Waals surface area contributed by atoms with E-state index in [0.717, 1.165) is 5.57 Å². The zero-order valence-corrected chi connectivity index (χ0v) is 13.0. The largest absolute Gasteiger partial charge is 0.460 e. The van der Waals surface area contributed by atoms with Crippen molar-refractivity contribution in [3.05, 3.63) is 24.3 Å². The van der Waals surface area contributed by atoms with Crippen LogP contribution in [0, 0.1) is 0 Å². The lowest BCUT2D eigenvalue weighted by Crippen LogP contribution is -2.16. The van der Waals surface area contributed by atoms with Crippen molar-refractivity contribution in [1.29, 1.82) is 0 Å². The fourth-order valence-electron chi connectivity index (χ4n) is 1.17. The molecule has 21 heavy (non-hydrogen) atoms. The molecule has 0 radical (unpaired) electrons. The second kappa shape index (κ2) is 13.8. The van der Waals surface area contributed by atoms with Crippen molar-refractivity contribution < 1.29 is 28.5 Å². The van der Waals surface area contributed by atoms with Crippen LogP contribution in [0.4, 0.5) is 0 Å². The third kappa shape index (κ3) is 13.5. The molecule has 0 spiro atoms. The van der Waals surface area contributed by atoms with Crippen LogP contribution in [0.5, 0.6) is 0 Å². The second-order valence-electron chi connectivity index (χ2n) is 4.41. The zero-order chi connectivity index (χ0) is 15.9. The SMILES string of the molecule is C=C(C)COCC(=C)C(=O)OCCOCCOCCOC. The molecule has 0 atom stereocenters. The van der Waals surface area contributed by atoms with Crippen LogP contribution in [-0.4, -0.2) is 65.9 Å². The van der Waals surface area contributed by atoms with Crippen LogP contribution >= 0.6 is 0 Å². The van der Waals surface area contributed by atoms with Gasteiger partial charge in [0.25, 0.3) is 0 Å². The Kier molecular flexibility index (Phi) is 13.0. The van der Waals surface area contributed by atoms with Gasteiger partial charge in [0, 0.05) is 7.11 Å². The van der Waals surface area contributed by atoms with Gasteiger partial charge in [-0.05, 0) is 6.92 Å². The Morgan fingerprint density at radius 3 is 2.00 bits per heavy atom. The van der Waals surface area contributed by atoms with E-state index >= 15 is 0 Å². The molecule has 0 saturated carbocycles. The standard InChI is InChI=1S/C15H26O6/c1-13(2)11-20-12-14(3)15(16)21-10-9-19-8-7-18-6-5-17-4/h1,3,5-12H2,2,4H3. The molecule has 0 aliphatic rings. The number of methoxy groups -OCH3 is 1. The molecule has 0 saturated heterocycles. The van der Waals surface area contributed by atoms with Crippen LogP contribution in [0.15, 0.2) is 24.3 Å². The third-order valence-electron chi connectivity index (χ3n) is 2.18. The van der Waals surface area contributed by atoms with E-state index in [2.05, 4.69) is 13.2 Å². The maximum absolute atomic E-state index is 11.5. The molecule has 0 heterocycles. The first kappa shape index (κ1) is 19.8. The fourth-order valence-corrected chi connectivity index (χ4v) is 1.17. The molecular weight excluding hydrogens is 276 g/mol. The Labute approximate surface area is 126 Å². The minimum atomic E-state index is -0.475. The molecule has 0 amide bonds. The number of ether oxygens (including phenoxy) is 5. The molecule has 0 fully saturated rings. The molecule has 0 aromatic heterocycles. The molecule has 0 aromatic carbocycles. The van der Waals surface area contributed by atoms with Crippen LogP contribution in [0.1, 0.15) is 6.92 Å². The van der Waals surface area contributed by atoms with E-state index in [4.69, 9.17) is 23.7 Å². The summed E-state index contributed by atoms with van der Waals surface area (Å²) >= 11 is 0. The third-order valence-corrected chi connectivity index (χ3v) is 2.18. The minimum absolute atomic E-state index is 0.139. The van der Waals surface area contributed by atoms with Crippen LogP contribution in [-0.2, 0) is 28.5 Å². The van der Waals surface area contributed by atoms with Crippen molar-refractivity contribution in [3.63, 3.8) is 0 Å². The quantitative estimate of drug-likeness (QED) is 0.209. The Morgan fingerprint density at radius 1 is 0.857 bits per heavy atom. The molecule has 0 N–H and O–H groups in total. The molecule has 0 aromatic rings. The van der Waals surface area contributed by atoms with E-state index in [1.807, 2.05) is 6.92 Å². The lowest BCUT2D eigenvalue weighted by molar-refractivity contribution is -0.141. The smallest absolute Gasteiger partial charge is 0.335 e. The lowest BCUT2D eigenvalue weighted by atomic mass is 10.3. The molecule has 0 rings (SSSR count). The van der Waals surface area contributed by atoms with E-state index in [0.29, 0.717) is 39.6 Å². The normalized spacial score (nSPS) is 10.4. The number of rotatable bonds is 14. The van der Waals surface area contributed by atoms with Crippen molar-refractivity contribution in [2.24, 2.45) is 0 Å². The summed E-state index contributed by atoms with van der Waals surface area (Å²) in [6.45, 7) is 12.2. The van der Waals surface area contributed by atoms with Gasteiger partial charge in [-0.2, -0.15) is 0 Å². The Bertz CT molecular complexity index is 313. The van der Waals surface area contributed by atoms with E-state index in [1.54, 1.807) is 7.11 Å². The summed E-state index contributed by atoms with van der Waals surface area (Å²) in [5, 5.41) is 0. The summed E-state index contributed by atoms with van der Waals surface area (Å²) in [4.78, 5) is 11.5. The average Bonchev–Trinajstić information content (AvgIpc) is 2.44. The highest BCUT2D eigenvalue weighted by Gasteiger charge is 2.08. The van der Waals surface area contributed by atoms with E-state index < -0.39 is 5.97 Å². The van der Waals surface area contributed by atoms with Crippen LogP contribution < -0.4 is 0 Å². The predicted molar refractivity (Wildman–Crippen MR) is 79.2 cm³/mol. The van der Waals surface area contributed by atoms with Gasteiger partial charge in [0.1, 0.15) is 6.61 Å². The van der Waals surface area contributed by atoms with E-state index in [1.165, 1.54) is 0 Å². The summed E-state index contributed by atoms with van der Waals surface area (Å²) < 4.78 is 25.5. The first-order chi connectivity index (χ1) is 10.1. The van der Waals surface area contributed by atoms with Gasteiger partial charge in [0.05, 0.1) is 51.8 Å². The van der Waals surface area contributed by atoms with Crippen LogP contribution in [0.2, 0.25) is 0 Å². The Morgan fingerprint density at radius 2 is 1.43 bits per heavy atom. The second-order valence-corrected chi connectivity index (χ2v) is 4.41. The molecule has 6 nitrogen and oxygen atoms in total. The summed E-state index contributed by atoms with van der Waals surface area (Å²) in [5.74, 6) is -0.475. The molecule has 0 unspecified atom stereocenters. The molecule has 0 aliphatic heterocycles. The Hall–Kier alpha value is -1.21. The maximum atomic E-state index is 11.5. The first-order valence-corrected chi connectivity index (χ1v) is 6.79. The monoisotopic (exact) mass is 302 g/mol. The van der Waals surface area contributed by atoms with Crippen molar-refractivity contribution in [1.82, 2.24) is 0 Å². The fraction of sp³-hybridized carbons (Fsp3) is 0.667. The van der Waals surface area contributed by atoms with Crippen molar-refractivity contribution in [2.75, 3.05) is 60.0 Å². The number of carbonyl (C=O) groups excluding carboxylic acids is 1. The zero-order valence-electron chi connectivity index (χ0n) is 13.0. The number of carbonyl (C=O) groups is 1. The number of hydrogen-bond acceptors (Lipinski definition) is 6. The van der Waals surface area contributed by atoms with Crippen LogP contribution in [0.3, 0.4) is 0 Å². The van der Waals surface area contributed by atoms with Gasteiger partial charge in [-0.1, -0.05) is 18.7 Å². The summed E-state index contributed by atoms with van der Waals surface area (Å²) in [6, 6.07) is 0. The average molecular weight is 302 g/mol. The lowest BCUT2D eigenvalue weighted by Gasteiger charge is -2.09.